The van der Waals surface area contributed by atoms with Gasteiger partial charge < -0.3 is 10.1 Å². The zero-order valence-electron chi connectivity index (χ0n) is 14.3. The summed E-state index contributed by atoms with van der Waals surface area (Å²) >= 11 is 12.0. The van der Waals surface area contributed by atoms with E-state index in [1.54, 1.807) is 37.4 Å². The Morgan fingerprint density at radius 2 is 1.93 bits per heavy atom. The summed E-state index contributed by atoms with van der Waals surface area (Å²) in [7, 11) is 1.57. The number of hydrogen-bond acceptors (Lipinski definition) is 4. The smallest absolute Gasteiger partial charge is 0.267 e. The topological polar surface area (TPSA) is 73.2 Å². The number of benzene rings is 2. The molecule has 0 aliphatic rings. The largest absolute Gasteiger partial charge is 0.497 e. The van der Waals surface area contributed by atoms with Gasteiger partial charge in [-0.05, 0) is 30.3 Å². The number of aromatic nitrogens is 2. The number of carbonyl (C=O) groups excluding carboxylic acids is 1. The van der Waals surface area contributed by atoms with Crippen molar-refractivity contribution in [1.29, 1.82) is 0 Å². The molecule has 27 heavy (non-hydrogen) atoms. The van der Waals surface area contributed by atoms with Gasteiger partial charge in [0.15, 0.2) is 0 Å². The summed E-state index contributed by atoms with van der Waals surface area (Å²) in [5, 5.41) is 7.46. The van der Waals surface area contributed by atoms with Gasteiger partial charge in [-0.3, -0.25) is 9.59 Å². The minimum absolute atomic E-state index is 0.234. The molecule has 0 aliphatic carbocycles. The van der Waals surface area contributed by atoms with E-state index in [9.17, 15) is 9.59 Å². The van der Waals surface area contributed by atoms with Crippen LogP contribution in [0.5, 0.6) is 5.75 Å². The van der Waals surface area contributed by atoms with Crippen molar-refractivity contribution >= 4 is 34.8 Å². The number of amides is 1. The molecule has 0 bridgehead atoms. The summed E-state index contributed by atoms with van der Waals surface area (Å²) in [5.74, 6) is 0.219. The average Bonchev–Trinajstić information content (AvgIpc) is 2.67. The Balaban J connectivity index is 1.83. The molecule has 0 saturated carbocycles. The Morgan fingerprint density at radius 1 is 1.15 bits per heavy atom. The number of methoxy groups -OCH3 is 1. The molecule has 0 radical (unpaired) electrons. The van der Waals surface area contributed by atoms with E-state index < -0.39 is 11.5 Å². The van der Waals surface area contributed by atoms with Gasteiger partial charge in [-0.2, -0.15) is 5.10 Å². The highest BCUT2D eigenvalue weighted by Gasteiger charge is 2.11. The lowest BCUT2D eigenvalue weighted by atomic mass is 10.1. The first-order valence-electron chi connectivity index (χ1n) is 7.94. The molecule has 2 aromatic carbocycles. The third-order valence-electron chi connectivity index (χ3n) is 3.75. The summed E-state index contributed by atoms with van der Waals surface area (Å²) in [6, 6.07) is 15.1. The maximum atomic E-state index is 12.3. The maximum Gasteiger partial charge on any atom is 0.267 e. The maximum absolute atomic E-state index is 12.3. The van der Waals surface area contributed by atoms with E-state index in [-0.39, 0.29) is 11.6 Å². The van der Waals surface area contributed by atoms with Crippen molar-refractivity contribution < 1.29 is 9.53 Å². The van der Waals surface area contributed by atoms with Crippen molar-refractivity contribution in [3.8, 4) is 17.0 Å². The van der Waals surface area contributed by atoms with Crippen LogP contribution in [0.25, 0.3) is 11.3 Å². The van der Waals surface area contributed by atoms with Crippen LogP contribution in [0.4, 0.5) is 5.69 Å². The molecule has 6 nitrogen and oxygen atoms in total. The molecule has 138 valence electrons. The summed E-state index contributed by atoms with van der Waals surface area (Å²) in [6.07, 6.45) is 0. The highest BCUT2D eigenvalue weighted by atomic mass is 35.5. The molecule has 0 fully saturated rings. The van der Waals surface area contributed by atoms with E-state index in [0.29, 0.717) is 22.2 Å². The SMILES string of the molecule is COc1cccc(-c2ccc(=O)n(CC(=O)Nc3cccc(Cl)c3Cl)n2)c1. The van der Waals surface area contributed by atoms with Gasteiger partial charge in [0.1, 0.15) is 12.3 Å². The molecule has 0 spiro atoms. The van der Waals surface area contributed by atoms with E-state index in [0.717, 1.165) is 10.2 Å². The number of nitrogens with one attached hydrogen (secondary N) is 1. The minimum Gasteiger partial charge on any atom is -0.497 e. The molecule has 0 aliphatic heterocycles. The summed E-state index contributed by atoms with van der Waals surface area (Å²) in [4.78, 5) is 24.4. The zero-order valence-corrected chi connectivity index (χ0v) is 15.8. The number of hydrogen-bond donors (Lipinski definition) is 1. The minimum atomic E-state index is -0.448. The molecular weight excluding hydrogens is 389 g/mol. The molecule has 1 aromatic heterocycles. The monoisotopic (exact) mass is 403 g/mol. The van der Waals surface area contributed by atoms with E-state index in [1.807, 2.05) is 18.2 Å². The molecule has 3 rings (SSSR count). The quantitative estimate of drug-likeness (QED) is 0.701. The van der Waals surface area contributed by atoms with Crippen LogP contribution in [0.2, 0.25) is 10.0 Å². The molecule has 3 aromatic rings. The van der Waals surface area contributed by atoms with Crippen molar-refractivity contribution in [1.82, 2.24) is 9.78 Å². The second-order valence-corrected chi connectivity index (χ2v) is 6.38. The van der Waals surface area contributed by atoms with Crippen LogP contribution >= 0.6 is 23.2 Å². The Labute approximate surface area is 165 Å². The predicted octanol–water partition coefficient (Wildman–Crippen LogP) is 3.86. The molecule has 0 atom stereocenters. The Bertz CT molecular complexity index is 1050. The third-order valence-corrected chi connectivity index (χ3v) is 4.57. The zero-order chi connectivity index (χ0) is 19.4. The van der Waals surface area contributed by atoms with Crippen LogP contribution in [0.15, 0.2) is 59.4 Å². The number of carbonyl (C=O) groups is 1. The summed E-state index contributed by atoms with van der Waals surface area (Å²) in [5.41, 5.74) is 1.28. The Morgan fingerprint density at radius 3 is 2.70 bits per heavy atom. The van der Waals surface area contributed by atoms with E-state index in [2.05, 4.69) is 10.4 Å². The van der Waals surface area contributed by atoms with Crippen LogP contribution < -0.4 is 15.6 Å². The van der Waals surface area contributed by atoms with Crippen LogP contribution in [0.1, 0.15) is 0 Å². The van der Waals surface area contributed by atoms with Gasteiger partial charge in [0.05, 0.1) is 28.5 Å². The molecule has 1 heterocycles. The normalized spacial score (nSPS) is 10.5. The molecule has 1 N–H and O–H groups in total. The lowest BCUT2D eigenvalue weighted by molar-refractivity contribution is -0.117. The van der Waals surface area contributed by atoms with E-state index in [4.69, 9.17) is 27.9 Å². The van der Waals surface area contributed by atoms with Crippen LogP contribution in [0, 0.1) is 0 Å². The number of ether oxygens (including phenoxy) is 1. The Hall–Kier alpha value is -2.83. The number of rotatable bonds is 5. The molecular formula is C19H15Cl2N3O3. The van der Waals surface area contributed by atoms with E-state index >= 15 is 0 Å². The molecule has 0 saturated heterocycles. The van der Waals surface area contributed by atoms with Crippen molar-refractivity contribution in [3.05, 3.63) is 75.0 Å². The van der Waals surface area contributed by atoms with Crippen LogP contribution in [-0.4, -0.2) is 22.8 Å². The van der Waals surface area contributed by atoms with Gasteiger partial charge in [-0.15, -0.1) is 0 Å². The molecule has 8 heteroatoms. The first-order valence-corrected chi connectivity index (χ1v) is 8.70. The lowest BCUT2D eigenvalue weighted by Crippen LogP contribution is -2.29. The Kier molecular flexibility index (Phi) is 5.78. The first-order chi connectivity index (χ1) is 13.0. The van der Waals surface area contributed by atoms with Crippen molar-refractivity contribution in [2.45, 2.75) is 6.54 Å². The van der Waals surface area contributed by atoms with Crippen molar-refractivity contribution in [3.63, 3.8) is 0 Å². The number of nitrogens with zero attached hydrogens (tertiary/aromatic N) is 2. The van der Waals surface area contributed by atoms with E-state index in [1.165, 1.54) is 6.07 Å². The van der Waals surface area contributed by atoms with Crippen LogP contribution in [-0.2, 0) is 11.3 Å². The van der Waals surface area contributed by atoms with Gasteiger partial charge in [-0.1, -0.05) is 41.4 Å². The van der Waals surface area contributed by atoms with Gasteiger partial charge in [0.2, 0.25) is 5.91 Å². The van der Waals surface area contributed by atoms with Gasteiger partial charge in [0, 0.05) is 11.6 Å². The number of anilines is 1. The van der Waals surface area contributed by atoms with Crippen molar-refractivity contribution in [2.24, 2.45) is 0 Å². The standard InChI is InChI=1S/C19H15Cl2N3O3/c1-27-13-5-2-4-12(10-13)15-8-9-18(26)24(23-15)11-17(25)22-16-7-3-6-14(20)19(16)21/h2-10H,11H2,1H3,(H,22,25). The van der Waals surface area contributed by atoms with Gasteiger partial charge in [0.25, 0.3) is 5.56 Å². The fourth-order valence-corrected chi connectivity index (χ4v) is 2.77. The fourth-order valence-electron chi connectivity index (χ4n) is 2.42. The fraction of sp³-hybridized carbons (Fsp3) is 0.105. The molecule has 1 amide bonds. The highest BCUT2D eigenvalue weighted by molar-refractivity contribution is 6.43. The lowest BCUT2D eigenvalue weighted by Gasteiger charge is -2.10. The van der Waals surface area contributed by atoms with Gasteiger partial charge >= 0.3 is 0 Å². The van der Waals surface area contributed by atoms with Crippen LogP contribution in [0.3, 0.4) is 0 Å². The summed E-state index contributed by atoms with van der Waals surface area (Å²) < 4.78 is 6.28. The first kappa shape index (κ1) is 18.9. The second kappa shape index (κ2) is 8.24. The van der Waals surface area contributed by atoms with Crippen molar-refractivity contribution in [2.75, 3.05) is 12.4 Å². The summed E-state index contributed by atoms with van der Waals surface area (Å²) in [6.45, 7) is -0.264. The molecule has 0 unspecified atom stereocenters. The van der Waals surface area contributed by atoms with Gasteiger partial charge in [-0.25, -0.2) is 4.68 Å². The predicted molar refractivity (Wildman–Crippen MR) is 106 cm³/mol. The highest BCUT2D eigenvalue weighted by Crippen LogP contribution is 2.29. The average molecular weight is 404 g/mol. The number of halogens is 2. The third kappa shape index (κ3) is 4.48. The second-order valence-electron chi connectivity index (χ2n) is 5.60.